The lowest BCUT2D eigenvalue weighted by Gasteiger charge is -2.39. The Morgan fingerprint density at radius 3 is 2.71 bits per heavy atom. The number of aryl methyl sites for hydroxylation is 2. The number of carbonyl (C=O) groups is 1. The number of nitrogens with zero attached hydrogens (tertiary/aromatic N) is 2. The Morgan fingerprint density at radius 2 is 2.04 bits per heavy atom. The van der Waals surface area contributed by atoms with E-state index in [0.717, 1.165) is 36.2 Å². The van der Waals surface area contributed by atoms with E-state index in [9.17, 15) is 9.90 Å². The maximum atomic E-state index is 11.8. The zero-order valence-electron chi connectivity index (χ0n) is 14.3. The average Bonchev–Trinajstić information content (AvgIpc) is 2.57. The van der Waals surface area contributed by atoms with Gasteiger partial charge in [0, 0.05) is 6.20 Å². The summed E-state index contributed by atoms with van der Waals surface area (Å²) in [6.45, 7) is 4.86. The normalized spacial score (nSPS) is 19.8. The van der Waals surface area contributed by atoms with Gasteiger partial charge < -0.3 is 5.11 Å². The number of likely N-dealkylation sites (tertiary alicyclic amines) is 1. The minimum Gasteiger partial charge on any atom is -0.480 e. The van der Waals surface area contributed by atoms with Crippen molar-refractivity contribution in [3.8, 4) is 0 Å². The first kappa shape index (κ1) is 16.7. The molecule has 4 heteroatoms. The van der Waals surface area contributed by atoms with Crippen LogP contribution in [0.4, 0.5) is 0 Å². The van der Waals surface area contributed by atoms with Crippen LogP contribution >= 0.6 is 0 Å². The molecule has 0 saturated carbocycles. The van der Waals surface area contributed by atoms with Crippen molar-refractivity contribution in [2.24, 2.45) is 0 Å². The highest BCUT2D eigenvalue weighted by Gasteiger charge is 2.35. The zero-order chi connectivity index (χ0) is 17.1. The molecule has 2 atom stereocenters. The van der Waals surface area contributed by atoms with Gasteiger partial charge in [-0.05, 0) is 50.4 Å². The van der Waals surface area contributed by atoms with Gasteiger partial charge in [-0.25, -0.2) is 0 Å². The summed E-state index contributed by atoms with van der Waals surface area (Å²) in [6, 6.07) is 11.8. The summed E-state index contributed by atoms with van der Waals surface area (Å²) in [5, 5.41) is 9.69. The Balaban J connectivity index is 2.07. The quantitative estimate of drug-likeness (QED) is 0.931. The lowest BCUT2D eigenvalue weighted by Crippen LogP contribution is -2.47. The third-order valence-corrected chi connectivity index (χ3v) is 4.73. The number of aliphatic carboxylic acids is 1. The second-order valence-corrected chi connectivity index (χ2v) is 6.66. The van der Waals surface area contributed by atoms with Crippen LogP contribution in [0, 0.1) is 13.8 Å². The van der Waals surface area contributed by atoms with Crippen LogP contribution in [0.5, 0.6) is 0 Å². The first-order valence-corrected chi connectivity index (χ1v) is 8.54. The van der Waals surface area contributed by atoms with Gasteiger partial charge in [0.25, 0.3) is 0 Å². The molecule has 1 fully saturated rings. The fourth-order valence-corrected chi connectivity index (χ4v) is 3.54. The average molecular weight is 324 g/mol. The molecule has 0 bridgehead atoms. The maximum absolute atomic E-state index is 11.8. The van der Waals surface area contributed by atoms with Crippen molar-refractivity contribution in [2.45, 2.75) is 45.2 Å². The molecule has 0 spiro atoms. The standard InChI is InChI=1S/C20H24N2O2/c1-14-6-5-7-16(12-14)19(17-10-9-15(2)13-21-17)22-11-4-3-8-18(22)20(23)24/h5-7,9-10,12-13,18-19H,3-4,8,11H2,1-2H3,(H,23,24). The van der Waals surface area contributed by atoms with Gasteiger partial charge in [0.1, 0.15) is 6.04 Å². The van der Waals surface area contributed by atoms with Gasteiger partial charge in [0.2, 0.25) is 0 Å². The molecule has 2 aromatic rings. The Bertz CT molecular complexity index is 712. The highest BCUT2D eigenvalue weighted by molar-refractivity contribution is 5.73. The third-order valence-electron chi connectivity index (χ3n) is 4.73. The molecule has 2 unspecified atom stereocenters. The van der Waals surface area contributed by atoms with E-state index in [1.165, 1.54) is 5.56 Å². The molecule has 0 radical (unpaired) electrons. The second kappa shape index (κ2) is 7.14. The van der Waals surface area contributed by atoms with E-state index in [0.29, 0.717) is 6.42 Å². The molecule has 24 heavy (non-hydrogen) atoms. The summed E-state index contributed by atoms with van der Waals surface area (Å²) < 4.78 is 0. The molecule has 1 saturated heterocycles. The molecule has 4 nitrogen and oxygen atoms in total. The first-order chi connectivity index (χ1) is 11.6. The lowest BCUT2D eigenvalue weighted by atomic mass is 9.93. The van der Waals surface area contributed by atoms with Crippen molar-refractivity contribution < 1.29 is 9.90 Å². The summed E-state index contributed by atoms with van der Waals surface area (Å²) in [5.41, 5.74) is 4.31. The molecular formula is C20H24N2O2. The van der Waals surface area contributed by atoms with Crippen LogP contribution in [0.1, 0.15) is 47.7 Å². The van der Waals surface area contributed by atoms with Gasteiger partial charge in [-0.3, -0.25) is 14.7 Å². The minimum atomic E-state index is -0.737. The van der Waals surface area contributed by atoms with E-state index in [1.807, 2.05) is 31.3 Å². The van der Waals surface area contributed by atoms with Crippen LogP contribution in [0.25, 0.3) is 0 Å². The van der Waals surface area contributed by atoms with E-state index in [2.05, 4.69) is 35.0 Å². The number of hydrogen-bond acceptors (Lipinski definition) is 3. The number of benzene rings is 1. The number of aromatic nitrogens is 1. The van der Waals surface area contributed by atoms with Crippen molar-refractivity contribution >= 4 is 5.97 Å². The van der Waals surface area contributed by atoms with Crippen molar-refractivity contribution in [3.05, 3.63) is 65.0 Å². The molecule has 0 aliphatic carbocycles. The predicted molar refractivity (Wildman–Crippen MR) is 94.0 cm³/mol. The summed E-state index contributed by atoms with van der Waals surface area (Å²) in [5.74, 6) is -0.737. The van der Waals surface area contributed by atoms with Gasteiger partial charge in [-0.2, -0.15) is 0 Å². The number of hydrogen-bond donors (Lipinski definition) is 1. The summed E-state index contributed by atoms with van der Waals surface area (Å²) in [7, 11) is 0. The molecule has 1 aromatic heterocycles. The molecule has 1 N–H and O–H groups in total. The molecule has 1 aromatic carbocycles. The molecule has 2 heterocycles. The van der Waals surface area contributed by atoms with E-state index in [4.69, 9.17) is 0 Å². The number of pyridine rings is 1. The molecule has 126 valence electrons. The number of rotatable bonds is 4. The van der Waals surface area contributed by atoms with Gasteiger partial charge in [0.15, 0.2) is 0 Å². The van der Waals surface area contributed by atoms with Crippen molar-refractivity contribution in [2.75, 3.05) is 6.54 Å². The van der Waals surface area contributed by atoms with Crippen molar-refractivity contribution in [1.29, 1.82) is 0 Å². The molecular weight excluding hydrogens is 300 g/mol. The molecule has 3 rings (SSSR count). The Labute approximate surface area is 143 Å². The van der Waals surface area contributed by atoms with Crippen LogP contribution in [0.15, 0.2) is 42.6 Å². The Hall–Kier alpha value is -2.20. The van der Waals surface area contributed by atoms with E-state index in [-0.39, 0.29) is 6.04 Å². The summed E-state index contributed by atoms with van der Waals surface area (Å²) >= 11 is 0. The van der Waals surface area contributed by atoms with Gasteiger partial charge in [-0.1, -0.05) is 42.3 Å². The fourth-order valence-electron chi connectivity index (χ4n) is 3.54. The highest BCUT2D eigenvalue weighted by Crippen LogP contribution is 2.33. The zero-order valence-corrected chi connectivity index (χ0v) is 14.3. The van der Waals surface area contributed by atoms with E-state index < -0.39 is 12.0 Å². The number of carboxylic acids is 1. The first-order valence-electron chi connectivity index (χ1n) is 8.54. The molecule has 0 amide bonds. The maximum Gasteiger partial charge on any atom is 0.320 e. The lowest BCUT2D eigenvalue weighted by molar-refractivity contribution is -0.145. The topological polar surface area (TPSA) is 53.4 Å². The monoisotopic (exact) mass is 324 g/mol. The number of carboxylic acid groups (broad SMARTS) is 1. The van der Waals surface area contributed by atoms with Gasteiger partial charge in [-0.15, -0.1) is 0 Å². The second-order valence-electron chi connectivity index (χ2n) is 6.66. The molecule has 1 aliphatic heterocycles. The number of piperidine rings is 1. The van der Waals surface area contributed by atoms with Crippen molar-refractivity contribution in [1.82, 2.24) is 9.88 Å². The van der Waals surface area contributed by atoms with Gasteiger partial charge >= 0.3 is 5.97 Å². The van der Waals surface area contributed by atoms with Crippen molar-refractivity contribution in [3.63, 3.8) is 0 Å². The summed E-state index contributed by atoms with van der Waals surface area (Å²) in [6.07, 6.45) is 4.55. The van der Waals surface area contributed by atoms with Crippen LogP contribution in [-0.2, 0) is 4.79 Å². The van der Waals surface area contributed by atoms with E-state index >= 15 is 0 Å². The SMILES string of the molecule is Cc1ccc(C(c2cccc(C)c2)N2CCCCC2C(=O)O)nc1. The predicted octanol–water partition coefficient (Wildman–Crippen LogP) is 3.73. The van der Waals surface area contributed by atoms with Crippen LogP contribution in [0.2, 0.25) is 0 Å². The summed E-state index contributed by atoms with van der Waals surface area (Å²) in [4.78, 5) is 18.5. The van der Waals surface area contributed by atoms with Crippen LogP contribution in [0.3, 0.4) is 0 Å². The highest BCUT2D eigenvalue weighted by atomic mass is 16.4. The Kier molecular flexibility index (Phi) is 4.95. The third kappa shape index (κ3) is 3.49. The van der Waals surface area contributed by atoms with Crippen LogP contribution in [-0.4, -0.2) is 33.5 Å². The van der Waals surface area contributed by atoms with E-state index in [1.54, 1.807) is 0 Å². The minimum absolute atomic E-state index is 0.119. The fraction of sp³-hybridized carbons (Fsp3) is 0.400. The largest absolute Gasteiger partial charge is 0.480 e. The Morgan fingerprint density at radius 1 is 1.21 bits per heavy atom. The van der Waals surface area contributed by atoms with Gasteiger partial charge in [0.05, 0.1) is 11.7 Å². The van der Waals surface area contributed by atoms with Crippen LogP contribution < -0.4 is 0 Å². The molecule has 1 aliphatic rings. The smallest absolute Gasteiger partial charge is 0.320 e.